The molecule has 0 fully saturated rings. The maximum atomic E-state index is 12.2. The number of amides is 1. The fraction of sp³-hybridized carbons (Fsp3) is 0.133. The lowest BCUT2D eigenvalue weighted by Gasteiger charge is -2.10. The van der Waals surface area contributed by atoms with Crippen molar-refractivity contribution in [1.82, 2.24) is 0 Å². The summed E-state index contributed by atoms with van der Waals surface area (Å²) >= 11 is 1.65. The van der Waals surface area contributed by atoms with Gasteiger partial charge in [0.25, 0.3) is 5.91 Å². The van der Waals surface area contributed by atoms with Gasteiger partial charge in [0.05, 0.1) is 12.7 Å². The molecule has 0 aromatic heterocycles. The van der Waals surface area contributed by atoms with Gasteiger partial charge < -0.3 is 15.8 Å². The molecule has 104 valence electrons. The summed E-state index contributed by atoms with van der Waals surface area (Å²) in [7, 11) is 1.52. The molecule has 0 saturated heterocycles. The van der Waals surface area contributed by atoms with E-state index in [9.17, 15) is 4.79 Å². The Labute approximate surface area is 122 Å². The number of methoxy groups -OCH3 is 1. The third-order valence-electron chi connectivity index (χ3n) is 2.82. The fourth-order valence-corrected chi connectivity index (χ4v) is 2.18. The van der Waals surface area contributed by atoms with Crippen LogP contribution in [0.1, 0.15) is 10.4 Å². The lowest BCUT2D eigenvalue weighted by molar-refractivity contribution is 0.102. The van der Waals surface area contributed by atoms with Gasteiger partial charge in [0.2, 0.25) is 0 Å². The maximum Gasteiger partial charge on any atom is 0.259 e. The molecule has 2 aromatic carbocycles. The quantitative estimate of drug-likeness (QED) is 0.669. The highest BCUT2D eigenvalue weighted by molar-refractivity contribution is 7.98. The Morgan fingerprint density at radius 1 is 1.20 bits per heavy atom. The second-order valence-corrected chi connectivity index (χ2v) is 5.02. The van der Waals surface area contributed by atoms with Gasteiger partial charge in [0, 0.05) is 16.3 Å². The number of carbonyl (C=O) groups is 1. The normalized spacial score (nSPS) is 10.1. The minimum Gasteiger partial charge on any atom is -0.496 e. The summed E-state index contributed by atoms with van der Waals surface area (Å²) in [6, 6.07) is 12.6. The minimum atomic E-state index is -0.244. The first-order chi connectivity index (χ1) is 9.63. The van der Waals surface area contributed by atoms with E-state index in [0.29, 0.717) is 17.0 Å². The molecule has 0 aliphatic heterocycles. The predicted octanol–water partition coefficient (Wildman–Crippen LogP) is 3.25. The summed E-state index contributed by atoms with van der Waals surface area (Å²) in [5.74, 6) is 0.253. The van der Waals surface area contributed by atoms with Crippen LogP contribution in [0.3, 0.4) is 0 Å². The standard InChI is InChI=1S/C15H16N2O2S/c1-19-14-8-3-10(16)9-13(14)15(18)17-11-4-6-12(20-2)7-5-11/h3-9H,16H2,1-2H3,(H,17,18). The van der Waals surface area contributed by atoms with Gasteiger partial charge in [-0.3, -0.25) is 4.79 Å². The summed E-state index contributed by atoms with van der Waals surface area (Å²) in [4.78, 5) is 13.4. The van der Waals surface area contributed by atoms with Crippen molar-refractivity contribution in [1.29, 1.82) is 0 Å². The van der Waals surface area contributed by atoms with Gasteiger partial charge in [-0.15, -0.1) is 11.8 Å². The average Bonchev–Trinajstić information content (AvgIpc) is 2.48. The number of benzene rings is 2. The maximum absolute atomic E-state index is 12.2. The van der Waals surface area contributed by atoms with Crippen LogP contribution in [0.15, 0.2) is 47.4 Å². The van der Waals surface area contributed by atoms with E-state index >= 15 is 0 Å². The molecule has 20 heavy (non-hydrogen) atoms. The van der Waals surface area contributed by atoms with Crippen molar-refractivity contribution in [3.05, 3.63) is 48.0 Å². The van der Waals surface area contributed by atoms with Gasteiger partial charge in [-0.1, -0.05) is 0 Å². The number of hydrogen-bond donors (Lipinski definition) is 2. The number of thioether (sulfide) groups is 1. The lowest BCUT2D eigenvalue weighted by Crippen LogP contribution is -2.13. The van der Waals surface area contributed by atoms with Crippen molar-refractivity contribution in [3.8, 4) is 5.75 Å². The zero-order valence-corrected chi connectivity index (χ0v) is 12.2. The Bertz CT molecular complexity index is 612. The van der Waals surface area contributed by atoms with Gasteiger partial charge in [0.1, 0.15) is 5.75 Å². The third kappa shape index (κ3) is 3.24. The second kappa shape index (κ2) is 6.34. The fourth-order valence-electron chi connectivity index (χ4n) is 1.78. The Morgan fingerprint density at radius 2 is 1.90 bits per heavy atom. The largest absolute Gasteiger partial charge is 0.496 e. The van der Waals surface area contributed by atoms with Crippen molar-refractivity contribution in [3.63, 3.8) is 0 Å². The zero-order chi connectivity index (χ0) is 14.5. The van der Waals surface area contributed by atoms with Gasteiger partial charge >= 0.3 is 0 Å². The molecule has 0 bridgehead atoms. The van der Waals surface area contributed by atoms with Crippen molar-refractivity contribution in [2.45, 2.75) is 4.90 Å². The van der Waals surface area contributed by atoms with E-state index in [4.69, 9.17) is 10.5 Å². The first-order valence-corrected chi connectivity index (χ1v) is 7.25. The molecule has 2 rings (SSSR count). The molecule has 5 heteroatoms. The number of ether oxygens (including phenoxy) is 1. The summed E-state index contributed by atoms with van der Waals surface area (Å²) in [6.07, 6.45) is 2.01. The number of nitrogen functional groups attached to an aromatic ring is 1. The minimum absolute atomic E-state index is 0.244. The monoisotopic (exact) mass is 288 g/mol. The molecule has 0 heterocycles. The molecule has 0 atom stereocenters. The Hall–Kier alpha value is -2.14. The first kappa shape index (κ1) is 14.3. The number of carbonyl (C=O) groups excluding carboxylic acids is 1. The Balaban J connectivity index is 2.20. The molecule has 2 aromatic rings. The summed E-state index contributed by atoms with van der Waals surface area (Å²) < 4.78 is 5.18. The first-order valence-electron chi connectivity index (χ1n) is 6.03. The average molecular weight is 288 g/mol. The highest BCUT2D eigenvalue weighted by atomic mass is 32.2. The van der Waals surface area contributed by atoms with Crippen LogP contribution in [-0.2, 0) is 0 Å². The number of anilines is 2. The predicted molar refractivity (Wildman–Crippen MR) is 83.6 cm³/mol. The van der Waals surface area contributed by atoms with Crippen LogP contribution in [0.5, 0.6) is 5.75 Å². The smallest absolute Gasteiger partial charge is 0.259 e. The lowest BCUT2D eigenvalue weighted by atomic mass is 10.1. The summed E-state index contributed by atoms with van der Waals surface area (Å²) in [5, 5.41) is 2.83. The van der Waals surface area contributed by atoms with Crippen LogP contribution in [0.2, 0.25) is 0 Å². The van der Waals surface area contributed by atoms with Crippen LogP contribution in [-0.4, -0.2) is 19.3 Å². The van der Waals surface area contributed by atoms with Crippen molar-refractivity contribution >= 4 is 29.0 Å². The Kier molecular flexibility index (Phi) is 4.53. The van der Waals surface area contributed by atoms with E-state index < -0.39 is 0 Å². The van der Waals surface area contributed by atoms with Crippen LogP contribution in [0.25, 0.3) is 0 Å². The van der Waals surface area contributed by atoms with E-state index in [1.54, 1.807) is 30.0 Å². The van der Waals surface area contributed by atoms with E-state index in [-0.39, 0.29) is 5.91 Å². The van der Waals surface area contributed by atoms with Gasteiger partial charge in [-0.2, -0.15) is 0 Å². The Morgan fingerprint density at radius 3 is 2.50 bits per heavy atom. The van der Waals surface area contributed by atoms with E-state index in [1.165, 1.54) is 7.11 Å². The molecule has 1 amide bonds. The SMILES string of the molecule is COc1ccc(N)cc1C(=O)Nc1ccc(SC)cc1. The number of nitrogens with two attached hydrogens (primary N) is 1. The molecule has 0 radical (unpaired) electrons. The number of nitrogens with one attached hydrogen (secondary N) is 1. The van der Waals surface area contributed by atoms with Crippen molar-refractivity contribution in [2.24, 2.45) is 0 Å². The highest BCUT2D eigenvalue weighted by Gasteiger charge is 2.12. The molecule has 0 unspecified atom stereocenters. The van der Waals surface area contributed by atoms with Gasteiger partial charge in [-0.05, 0) is 48.7 Å². The van der Waals surface area contributed by atoms with Crippen LogP contribution < -0.4 is 15.8 Å². The van der Waals surface area contributed by atoms with Gasteiger partial charge in [-0.25, -0.2) is 0 Å². The molecule has 0 spiro atoms. The molecule has 4 nitrogen and oxygen atoms in total. The van der Waals surface area contributed by atoms with Crippen LogP contribution >= 0.6 is 11.8 Å². The van der Waals surface area contributed by atoms with Crippen LogP contribution in [0, 0.1) is 0 Å². The highest BCUT2D eigenvalue weighted by Crippen LogP contribution is 2.23. The number of rotatable bonds is 4. The van der Waals surface area contributed by atoms with Crippen LogP contribution in [0.4, 0.5) is 11.4 Å². The van der Waals surface area contributed by atoms with E-state index in [2.05, 4.69) is 5.32 Å². The molecule has 3 N–H and O–H groups in total. The van der Waals surface area contributed by atoms with Gasteiger partial charge in [0.15, 0.2) is 0 Å². The zero-order valence-electron chi connectivity index (χ0n) is 11.3. The topological polar surface area (TPSA) is 64.3 Å². The summed E-state index contributed by atoms with van der Waals surface area (Å²) in [6.45, 7) is 0. The number of hydrogen-bond acceptors (Lipinski definition) is 4. The van der Waals surface area contributed by atoms with Crippen molar-refractivity contribution < 1.29 is 9.53 Å². The third-order valence-corrected chi connectivity index (χ3v) is 3.56. The molecular weight excluding hydrogens is 272 g/mol. The van der Waals surface area contributed by atoms with Crippen molar-refractivity contribution in [2.75, 3.05) is 24.4 Å². The molecule has 0 aliphatic rings. The second-order valence-electron chi connectivity index (χ2n) is 4.14. The molecular formula is C15H16N2O2S. The molecule has 0 aliphatic carbocycles. The van der Waals surface area contributed by atoms with E-state index in [0.717, 1.165) is 10.6 Å². The van der Waals surface area contributed by atoms with E-state index in [1.807, 2.05) is 30.5 Å². The molecule has 0 saturated carbocycles. The summed E-state index contributed by atoms with van der Waals surface area (Å²) in [5.41, 5.74) is 7.39.